The molecule has 1 fully saturated rings. The summed E-state index contributed by atoms with van der Waals surface area (Å²) in [7, 11) is 0. The van der Waals surface area contributed by atoms with Gasteiger partial charge in [0.1, 0.15) is 0 Å². The van der Waals surface area contributed by atoms with Gasteiger partial charge in [0.15, 0.2) is 0 Å². The average molecular weight is 296 g/mol. The van der Waals surface area contributed by atoms with Crippen LogP contribution >= 0.6 is 0 Å². The number of alkyl halides is 3. The SMILES string of the molecule is CC1CCCCC(Nc2ccc(C#N)c(C(F)(F)F)c2)C1. The molecule has 1 N–H and O–H groups in total. The van der Waals surface area contributed by atoms with Crippen LogP contribution in [0.4, 0.5) is 18.9 Å². The number of benzene rings is 1. The van der Waals surface area contributed by atoms with E-state index in [9.17, 15) is 13.2 Å². The van der Waals surface area contributed by atoms with Crippen molar-refractivity contribution in [3.63, 3.8) is 0 Å². The smallest absolute Gasteiger partial charge is 0.382 e. The Kier molecular flexibility index (Phi) is 4.76. The van der Waals surface area contributed by atoms with Gasteiger partial charge in [0.05, 0.1) is 17.2 Å². The van der Waals surface area contributed by atoms with Crippen LogP contribution in [0.2, 0.25) is 0 Å². The van der Waals surface area contributed by atoms with Gasteiger partial charge >= 0.3 is 6.18 Å². The Hall–Kier alpha value is -1.70. The molecular formula is C16H19F3N2. The lowest BCUT2D eigenvalue weighted by atomic mass is 10.00. The minimum atomic E-state index is -4.50. The van der Waals surface area contributed by atoms with E-state index in [4.69, 9.17) is 5.26 Å². The van der Waals surface area contributed by atoms with Gasteiger partial charge in [-0.1, -0.05) is 26.2 Å². The minimum absolute atomic E-state index is 0.205. The van der Waals surface area contributed by atoms with Gasteiger partial charge in [0.2, 0.25) is 0 Å². The zero-order valence-corrected chi connectivity index (χ0v) is 12.0. The quantitative estimate of drug-likeness (QED) is 0.783. The van der Waals surface area contributed by atoms with Gasteiger partial charge in [0, 0.05) is 11.7 Å². The molecule has 0 saturated heterocycles. The van der Waals surface area contributed by atoms with Crippen molar-refractivity contribution in [3.05, 3.63) is 29.3 Å². The lowest BCUT2D eigenvalue weighted by Crippen LogP contribution is -2.21. The molecule has 2 nitrogen and oxygen atoms in total. The Morgan fingerprint density at radius 2 is 1.95 bits per heavy atom. The van der Waals surface area contributed by atoms with Crippen LogP contribution in [-0.2, 0) is 6.18 Å². The van der Waals surface area contributed by atoms with Crippen LogP contribution in [-0.4, -0.2) is 6.04 Å². The van der Waals surface area contributed by atoms with Crippen molar-refractivity contribution in [2.75, 3.05) is 5.32 Å². The Bertz CT molecular complexity index is 531. The number of nitrogens with zero attached hydrogens (tertiary/aromatic N) is 1. The molecule has 1 aromatic carbocycles. The highest BCUT2D eigenvalue weighted by Gasteiger charge is 2.34. The second-order valence-corrected chi connectivity index (χ2v) is 5.84. The molecular weight excluding hydrogens is 277 g/mol. The number of hydrogen-bond acceptors (Lipinski definition) is 2. The standard InChI is InChI=1S/C16H19F3N2/c1-11-4-2-3-5-13(8-11)21-14-7-6-12(10-20)15(9-14)16(17,18)19/h6-7,9,11,13,21H,2-5,8H2,1H3. The topological polar surface area (TPSA) is 35.8 Å². The van der Waals surface area contributed by atoms with Crippen molar-refractivity contribution in [2.45, 2.75) is 51.2 Å². The second-order valence-electron chi connectivity index (χ2n) is 5.84. The first-order chi connectivity index (χ1) is 9.90. The highest BCUT2D eigenvalue weighted by molar-refractivity contribution is 5.53. The summed E-state index contributed by atoms with van der Waals surface area (Å²) < 4.78 is 38.8. The van der Waals surface area contributed by atoms with Gasteiger partial charge in [-0.05, 0) is 37.0 Å². The number of hydrogen-bond donors (Lipinski definition) is 1. The molecule has 0 radical (unpaired) electrons. The molecule has 2 rings (SSSR count). The summed E-state index contributed by atoms with van der Waals surface area (Å²) in [6, 6.07) is 5.66. The number of nitriles is 1. The predicted octanol–water partition coefficient (Wildman–Crippen LogP) is 4.96. The maximum atomic E-state index is 12.9. The molecule has 1 aliphatic rings. The van der Waals surface area contributed by atoms with Gasteiger partial charge < -0.3 is 5.32 Å². The number of nitrogens with one attached hydrogen (secondary N) is 1. The van der Waals surface area contributed by atoms with Gasteiger partial charge in [-0.3, -0.25) is 0 Å². The largest absolute Gasteiger partial charge is 0.417 e. The fraction of sp³-hybridized carbons (Fsp3) is 0.562. The summed E-state index contributed by atoms with van der Waals surface area (Å²) in [5.41, 5.74) is -0.751. The molecule has 2 atom stereocenters. The van der Waals surface area contributed by atoms with E-state index in [-0.39, 0.29) is 11.6 Å². The summed E-state index contributed by atoms with van der Waals surface area (Å²) in [6.45, 7) is 2.18. The third-order valence-corrected chi connectivity index (χ3v) is 4.00. The lowest BCUT2D eigenvalue weighted by molar-refractivity contribution is -0.137. The minimum Gasteiger partial charge on any atom is -0.382 e. The van der Waals surface area contributed by atoms with Gasteiger partial charge in [-0.25, -0.2) is 0 Å². The first kappa shape index (κ1) is 15.7. The summed E-state index contributed by atoms with van der Waals surface area (Å²) in [4.78, 5) is 0. The third-order valence-electron chi connectivity index (χ3n) is 4.00. The maximum absolute atomic E-state index is 12.9. The Labute approximate surface area is 123 Å². The van der Waals surface area contributed by atoms with Crippen molar-refractivity contribution in [1.82, 2.24) is 0 Å². The molecule has 0 bridgehead atoms. The second kappa shape index (κ2) is 6.38. The van der Waals surface area contributed by atoms with E-state index >= 15 is 0 Å². The zero-order valence-electron chi connectivity index (χ0n) is 12.0. The monoisotopic (exact) mass is 296 g/mol. The zero-order chi connectivity index (χ0) is 15.5. The third kappa shape index (κ3) is 4.13. The van der Waals surface area contributed by atoms with E-state index in [1.165, 1.54) is 18.9 Å². The van der Waals surface area contributed by atoms with E-state index in [1.807, 2.05) is 0 Å². The summed E-state index contributed by atoms with van der Waals surface area (Å²) in [5.74, 6) is 0.588. The van der Waals surface area contributed by atoms with Crippen LogP contribution in [0.5, 0.6) is 0 Å². The van der Waals surface area contributed by atoms with Crippen molar-refractivity contribution >= 4 is 5.69 Å². The van der Waals surface area contributed by atoms with Crippen LogP contribution in [0, 0.1) is 17.2 Å². The average Bonchev–Trinajstić information content (AvgIpc) is 2.62. The molecule has 0 aliphatic heterocycles. The van der Waals surface area contributed by atoms with Gasteiger partial charge in [-0.15, -0.1) is 0 Å². The molecule has 0 amide bonds. The van der Waals surface area contributed by atoms with Crippen molar-refractivity contribution in [3.8, 4) is 6.07 Å². The van der Waals surface area contributed by atoms with Gasteiger partial charge in [-0.2, -0.15) is 18.4 Å². The van der Waals surface area contributed by atoms with E-state index in [0.717, 1.165) is 25.3 Å². The Morgan fingerprint density at radius 3 is 2.62 bits per heavy atom. The summed E-state index contributed by atoms with van der Waals surface area (Å²) in [6.07, 6.45) is 0.914. The lowest BCUT2D eigenvalue weighted by Gasteiger charge is -2.21. The molecule has 21 heavy (non-hydrogen) atoms. The number of halogens is 3. The van der Waals surface area contributed by atoms with Gasteiger partial charge in [0.25, 0.3) is 0 Å². The van der Waals surface area contributed by atoms with E-state index in [1.54, 1.807) is 12.1 Å². The molecule has 5 heteroatoms. The van der Waals surface area contributed by atoms with E-state index < -0.39 is 11.7 Å². The van der Waals surface area contributed by atoms with Crippen molar-refractivity contribution in [2.24, 2.45) is 5.92 Å². The molecule has 1 aliphatic carbocycles. The summed E-state index contributed by atoms with van der Waals surface area (Å²) in [5, 5.41) is 12.0. The molecule has 0 spiro atoms. The summed E-state index contributed by atoms with van der Waals surface area (Å²) >= 11 is 0. The van der Waals surface area contributed by atoms with Crippen LogP contribution < -0.4 is 5.32 Å². The highest BCUT2D eigenvalue weighted by Crippen LogP contribution is 2.34. The van der Waals surface area contributed by atoms with Crippen LogP contribution in [0.3, 0.4) is 0 Å². The number of rotatable bonds is 2. The Morgan fingerprint density at radius 1 is 1.24 bits per heavy atom. The number of anilines is 1. The molecule has 0 heterocycles. The van der Waals surface area contributed by atoms with Crippen LogP contribution in [0.1, 0.15) is 50.2 Å². The molecule has 114 valence electrons. The molecule has 1 saturated carbocycles. The fourth-order valence-electron chi connectivity index (χ4n) is 2.94. The van der Waals surface area contributed by atoms with Crippen molar-refractivity contribution < 1.29 is 13.2 Å². The highest BCUT2D eigenvalue weighted by atomic mass is 19.4. The van der Waals surface area contributed by atoms with E-state index in [0.29, 0.717) is 11.6 Å². The maximum Gasteiger partial charge on any atom is 0.417 e. The molecule has 1 aromatic rings. The predicted molar refractivity (Wildman–Crippen MR) is 75.8 cm³/mol. The van der Waals surface area contributed by atoms with Crippen LogP contribution in [0.15, 0.2) is 18.2 Å². The Balaban J connectivity index is 2.19. The molecule has 2 unspecified atom stereocenters. The molecule has 0 aromatic heterocycles. The first-order valence-electron chi connectivity index (χ1n) is 7.28. The van der Waals surface area contributed by atoms with Crippen molar-refractivity contribution in [1.29, 1.82) is 5.26 Å². The van der Waals surface area contributed by atoms with Crippen LogP contribution in [0.25, 0.3) is 0 Å². The first-order valence-corrected chi connectivity index (χ1v) is 7.28. The van der Waals surface area contributed by atoms with E-state index in [2.05, 4.69) is 12.2 Å². The normalized spacial score (nSPS) is 23.2. The fourth-order valence-corrected chi connectivity index (χ4v) is 2.94.